The Kier molecular flexibility index (Phi) is 9.88. The van der Waals surface area contributed by atoms with Crippen molar-refractivity contribution in [2.24, 2.45) is 5.92 Å². The second-order valence-electron chi connectivity index (χ2n) is 11.3. The van der Waals surface area contributed by atoms with Gasteiger partial charge < -0.3 is 24.0 Å². The van der Waals surface area contributed by atoms with E-state index in [1.807, 2.05) is 56.0 Å². The fourth-order valence-corrected chi connectivity index (χ4v) is 5.45. The number of carbonyl (C=O) groups is 2. The summed E-state index contributed by atoms with van der Waals surface area (Å²) in [5, 5.41) is 0. The highest BCUT2D eigenvalue weighted by Gasteiger charge is 2.36. The summed E-state index contributed by atoms with van der Waals surface area (Å²) in [4.78, 5) is 30.1. The Hall–Kier alpha value is -2.65. The summed E-state index contributed by atoms with van der Waals surface area (Å²) < 4.78 is 32.7. The van der Waals surface area contributed by atoms with Gasteiger partial charge >= 0.3 is 6.09 Å². The van der Waals surface area contributed by atoms with Crippen molar-refractivity contribution in [3.8, 4) is 5.75 Å². The van der Waals surface area contributed by atoms with Crippen molar-refractivity contribution in [3.05, 3.63) is 64.4 Å². The van der Waals surface area contributed by atoms with E-state index in [-0.39, 0.29) is 36.3 Å². The Morgan fingerprint density at radius 3 is 2.49 bits per heavy atom. The Bertz CT molecular complexity index is 1120. The highest BCUT2D eigenvalue weighted by atomic mass is 79.9. The number of morpholine rings is 1. The van der Waals surface area contributed by atoms with Gasteiger partial charge in [0.2, 0.25) is 5.91 Å². The number of para-hydroxylation sites is 1. The molecule has 7 nitrogen and oxygen atoms in total. The molecule has 1 aliphatic heterocycles. The third kappa shape index (κ3) is 8.42. The standard InChI is InChI=1S/C30H38BrFN2O5/c1-30(2,3)39-29(36)34(18-22-9-12-23(31)17-27(22)32)24-13-10-21(11-14-24)28(35)33-15-16-37-26(19-33)20-38-25-7-5-4-6-8-25/h4-9,12,17,21,24,26H,10-11,13-16,18-20H2,1-3H3/t21?,24?,26-/m1/s1. The second kappa shape index (κ2) is 13.1. The maximum Gasteiger partial charge on any atom is 0.410 e. The minimum Gasteiger partial charge on any atom is -0.491 e. The van der Waals surface area contributed by atoms with Crippen LogP contribution in [0.3, 0.4) is 0 Å². The molecule has 1 saturated heterocycles. The minimum absolute atomic E-state index is 0.111. The number of hydrogen-bond acceptors (Lipinski definition) is 5. The molecule has 39 heavy (non-hydrogen) atoms. The predicted octanol–water partition coefficient (Wildman–Crippen LogP) is 6.19. The average molecular weight is 606 g/mol. The SMILES string of the molecule is CC(C)(C)OC(=O)N(Cc1ccc(Br)cc1F)C1CCC(C(=O)N2CCO[C@@H](COc3ccccc3)C2)CC1. The number of nitrogens with zero attached hydrogens (tertiary/aromatic N) is 2. The molecular formula is C30H38BrFN2O5. The third-order valence-corrected chi connectivity index (χ3v) is 7.59. The van der Waals surface area contributed by atoms with E-state index >= 15 is 0 Å². The van der Waals surface area contributed by atoms with E-state index in [0.29, 0.717) is 62.0 Å². The lowest BCUT2D eigenvalue weighted by Crippen LogP contribution is -2.51. The lowest BCUT2D eigenvalue weighted by Gasteiger charge is -2.39. The summed E-state index contributed by atoms with van der Waals surface area (Å²) >= 11 is 3.29. The fourth-order valence-electron chi connectivity index (χ4n) is 5.12. The molecule has 4 rings (SSSR count). The molecule has 0 bridgehead atoms. The largest absolute Gasteiger partial charge is 0.491 e. The molecule has 1 aliphatic carbocycles. The Balaban J connectivity index is 1.35. The smallest absolute Gasteiger partial charge is 0.410 e. The molecule has 212 valence electrons. The summed E-state index contributed by atoms with van der Waals surface area (Å²) in [6.45, 7) is 7.50. The van der Waals surface area contributed by atoms with E-state index in [9.17, 15) is 14.0 Å². The molecule has 2 fully saturated rings. The van der Waals surface area contributed by atoms with Crippen LogP contribution in [-0.2, 0) is 20.8 Å². The van der Waals surface area contributed by atoms with E-state index in [1.165, 1.54) is 6.07 Å². The first-order valence-electron chi connectivity index (χ1n) is 13.6. The molecule has 2 aromatic carbocycles. The van der Waals surface area contributed by atoms with E-state index < -0.39 is 11.7 Å². The lowest BCUT2D eigenvalue weighted by atomic mass is 9.84. The van der Waals surface area contributed by atoms with Crippen LogP contribution in [-0.4, -0.2) is 65.9 Å². The first-order chi connectivity index (χ1) is 18.6. The van der Waals surface area contributed by atoms with Crippen LogP contribution in [0.5, 0.6) is 5.75 Å². The molecule has 9 heteroatoms. The van der Waals surface area contributed by atoms with Gasteiger partial charge in [0.05, 0.1) is 19.7 Å². The number of carbonyl (C=O) groups excluding carboxylic acids is 2. The average Bonchev–Trinajstić information content (AvgIpc) is 2.91. The monoisotopic (exact) mass is 604 g/mol. The summed E-state index contributed by atoms with van der Waals surface area (Å²) in [5.41, 5.74) is -0.239. The number of ether oxygens (including phenoxy) is 3. The van der Waals surface area contributed by atoms with Gasteiger partial charge in [-0.25, -0.2) is 9.18 Å². The molecule has 0 unspecified atom stereocenters. The van der Waals surface area contributed by atoms with Gasteiger partial charge in [0.15, 0.2) is 0 Å². The van der Waals surface area contributed by atoms with Crippen LogP contribution < -0.4 is 4.74 Å². The molecule has 2 aromatic rings. The molecule has 0 N–H and O–H groups in total. The first kappa shape index (κ1) is 29.3. The molecule has 0 spiro atoms. The van der Waals surface area contributed by atoms with Crippen LogP contribution in [0, 0.1) is 11.7 Å². The van der Waals surface area contributed by atoms with Gasteiger partial charge in [-0.05, 0) is 70.7 Å². The van der Waals surface area contributed by atoms with Crippen LogP contribution in [0.4, 0.5) is 9.18 Å². The maximum absolute atomic E-state index is 14.7. The molecular weight excluding hydrogens is 567 g/mol. The van der Waals surface area contributed by atoms with Gasteiger partial charge in [-0.3, -0.25) is 4.79 Å². The van der Waals surface area contributed by atoms with Crippen molar-refractivity contribution in [3.63, 3.8) is 0 Å². The summed E-state index contributed by atoms with van der Waals surface area (Å²) in [5.74, 6) is 0.421. The van der Waals surface area contributed by atoms with Crippen molar-refractivity contribution in [1.29, 1.82) is 0 Å². The molecule has 1 atom stereocenters. The van der Waals surface area contributed by atoms with Crippen molar-refractivity contribution in [1.82, 2.24) is 9.80 Å². The maximum atomic E-state index is 14.7. The van der Waals surface area contributed by atoms with Crippen molar-refractivity contribution in [2.45, 2.75) is 70.7 Å². The molecule has 2 amide bonds. The number of benzene rings is 2. The zero-order valence-electron chi connectivity index (χ0n) is 22.9. The number of amides is 2. The molecule has 1 heterocycles. The number of hydrogen-bond donors (Lipinski definition) is 0. The van der Waals surface area contributed by atoms with Crippen LogP contribution >= 0.6 is 15.9 Å². The first-order valence-corrected chi connectivity index (χ1v) is 14.4. The Morgan fingerprint density at radius 2 is 1.82 bits per heavy atom. The van der Waals surface area contributed by atoms with E-state index in [1.54, 1.807) is 17.0 Å². The number of rotatable bonds is 7. The van der Waals surface area contributed by atoms with Crippen LogP contribution in [0.25, 0.3) is 0 Å². The topological polar surface area (TPSA) is 68.3 Å². The molecule has 0 radical (unpaired) electrons. The zero-order valence-corrected chi connectivity index (χ0v) is 24.5. The molecule has 1 saturated carbocycles. The third-order valence-electron chi connectivity index (χ3n) is 7.10. The normalized spacial score (nSPS) is 21.8. The lowest BCUT2D eigenvalue weighted by molar-refractivity contribution is -0.145. The predicted molar refractivity (Wildman–Crippen MR) is 150 cm³/mol. The van der Waals surface area contributed by atoms with Crippen molar-refractivity contribution >= 4 is 27.9 Å². The van der Waals surface area contributed by atoms with Crippen molar-refractivity contribution < 1.29 is 28.2 Å². The number of halogens is 2. The van der Waals surface area contributed by atoms with Gasteiger partial charge in [0, 0.05) is 28.5 Å². The minimum atomic E-state index is -0.669. The van der Waals surface area contributed by atoms with Gasteiger partial charge in [0.25, 0.3) is 0 Å². The summed E-state index contributed by atoms with van der Waals surface area (Å²) in [7, 11) is 0. The highest BCUT2D eigenvalue weighted by molar-refractivity contribution is 9.10. The van der Waals surface area contributed by atoms with Gasteiger partial charge in [0.1, 0.15) is 29.9 Å². The highest BCUT2D eigenvalue weighted by Crippen LogP contribution is 2.32. The molecule has 2 aliphatic rings. The zero-order chi connectivity index (χ0) is 28.0. The van der Waals surface area contributed by atoms with Crippen LogP contribution in [0.1, 0.15) is 52.0 Å². The quantitative estimate of drug-likeness (QED) is 0.377. The van der Waals surface area contributed by atoms with E-state index in [4.69, 9.17) is 14.2 Å². The fraction of sp³-hybridized carbons (Fsp3) is 0.533. The van der Waals surface area contributed by atoms with Crippen molar-refractivity contribution in [2.75, 3.05) is 26.3 Å². The van der Waals surface area contributed by atoms with Crippen LogP contribution in [0.2, 0.25) is 0 Å². The van der Waals surface area contributed by atoms with Gasteiger partial charge in [-0.2, -0.15) is 0 Å². The molecule has 0 aromatic heterocycles. The van der Waals surface area contributed by atoms with E-state index in [2.05, 4.69) is 15.9 Å². The second-order valence-corrected chi connectivity index (χ2v) is 12.2. The Labute approximate surface area is 238 Å². The van der Waals surface area contributed by atoms with Gasteiger partial charge in [-0.15, -0.1) is 0 Å². The van der Waals surface area contributed by atoms with Gasteiger partial charge in [-0.1, -0.05) is 40.2 Å². The van der Waals surface area contributed by atoms with Crippen LogP contribution in [0.15, 0.2) is 53.0 Å². The summed E-state index contributed by atoms with van der Waals surface area (Å²) in [6.07, 6.45) is 1.98. The summed E-state index contributed by atoms with van der Waals surface area (Å²) in [6, 6.07) is 14.3. The Morgan fingerprint density at radius 1 is 1.10 bits per heavy atom. The van der Waals surface area contributed by atoms with E-state index in [0.717, 1.165) is 5.75 Å².